The van der Waals surface area contributed by atoms with Crippen LogP contribution in [0.25, 0.3) is 0 Å². The molecule has 8 heteroatoms. The highest BCUT2D eigenvalue weighted by molar-refractivity contribution is 5.79. The molecule has 0 heterocycles. The number of nitrogens with two attached hydrogens (primary N) is 1. The minimum Gasteiger partial charge on any atom is -0.461 e. The van der Waals surface area contributed by atoms with Crippen molar-refractivity contribution in [1.29, 1.82) is 0 Å². The molecule has 0 aromatic heterocycles. The number of carbonyl (C=O) groups is 3. The molecule has 2 N–H and O–H groups in total. The zero-order valence-corrected chi connectivity index (χ0v) is 35.9. The Morgan fingerprint density at radius 3 is 2.23 bits per heavy atom. The maximum Gasteiger partial charge on any atom is 0.323 e. The monoisotopic (exact) mass is 745 g/mol. The lowest BCUT2D eigenvalue weighted by Crippen LogP contribution is -2.51. The first kappa shape index (κ1) is 45.6. The third-order valence-electron chi connectivity index (χ3n) is 13.4. The second kappa shape index (κ2) is 19.9. The van der Waals surface area contributed by atoms with Crippen molar-refractivity contribution < 1.29 is 28.6 Å². The highest BCUT2D eigenvalue weighted by Gasteiger charge is 2.58. The first-order chi connectivity index (χ1) is 24.8. The lowest BCUT2D eigenvalue weighted by molar-refractivity contribution is -0.162. The number of rotatable bonds is 16. The van der Waals surface area contributed by atoms with Crippen LogP contribution in [0.2, 0.25) is 0 Å². The third kappa shape index (κ3) is 12.9. The van der Waals surface area contributed by atoms with E-state index in [1.54, 1.807) is 12.0 Å². The number of fused-ring (bicyclic) bond motifs is 5. The number of aldehydes is 1. The molecule has 306 valence electrons. The minimum atomic E-state index is -0.686. The predicted octanol–water partition coefficient (Wildman–Crippen LogP) is 9.47. The van der Waals surface area contributed by atoms with Gasteiger partial charge in [-0.25, -0.2) is 0 Å². The molecule has 0 aromatic carbocycles. The van der Waals surface area contributed by atoms with Crippen LogP contribution < -0.4 is 5.73 Å². The van der Waals surface area contributed by atoms with Crippen LogP contribution in [0.1, 0.15) is 166 Å². The fraction of sp³-hybridized carbons (Fsp3) is 0.889. The average Bonchev–Trinajstić information content (AvgIpc) is 3.40. The summed E-state index contributed by atoms with van der Waals surface area (Å²) in [7, 11) is 1.71. The number of methoxy groups -OCH3 is 1. The zero-order valence-electron chi connectivity index (χ0n) is 35.9. The maximum atomic E-state index is 13.8. The van der Waals surface area contributed by atoms with Crippen molar-refractivity contribution in [2.24, 2.45) is 46.2 Å². The standard InChI is InChI=1S/C40H68N2O5.C5H12O/c1-28(2)12-8-9-13-29-16-18-33-32-17-15-30-26-31(19-21-40(30,7)34(32)20-22-39(29,33)6)46-37(45)35(14-10-11-23-41)42(24-25-43)27-36(44)47-38(3,4)5;1-5(2,3)6-4/h15,25,28-29,31-35H,8-14,16-24,26-27,41H2,1-7H3;1-4H3. The fourth-order valence-electron chi connectivity index (χ4n) is 10.4. The number of allylic oxidation sites excluding steroid dienone is 1. The van der Waals surface area contributed by atoms with Gasteiger partial charge in [-0.15, -0.1) is 0 Å². The van der Waals surface area contributed by atoms with Gasteiger partial charge in [-0.1, -0.05) is 65.0 Å². The molecule has 0 amide bonds. The summed E-state index contributed by atoms with van der Waals surface area (Å²) in [6.45, 7) is 21.7. The van der Waals surface area contributed by atoms with Crippen LogP contribution in [0.4, 0.5) is 0 Å². The Bertz CT molecular complexity index is 1200. The molecule has 4 aliphatic rings. The number of hydrogen-bond donors (Lipinski definition) is 1. The molecule has 0 spiro atoms. The van der Waals surface area contributed by atoms with Crippen LogP contribution in [0.15, 0.2) is 11.6 Å². The molecule has 0 bridgehead atoms. The summed E-state index contributed by atoms with van der Waals surface area (Å²) in [6, 6.07) is -0.686. The Balaban J connectivity index is 0.00000116. The quantitative estimate of drug-likeness (QED) is 0.0721. The molecule has 8 unspecified atom stereocenters. The van der Waals surface area contributed by atoms with Crippen molar-refractivity contribution in [2.75, 3.05) is 26.7 Å². The Morgan fingerprint density at radius 1 is 0.943 bits per heavy atom. The van der Waals surface area contributed by atoms with Gasteiger partial charge < -0.3 is 24.7 Å². The van der Waals surface area contributed by atoms with Crippen molar-refractivity contribution in [2.45, 2.75) is 189 Å². The number of ether oxygens (including phenoxy) is 3. The normalized spacial score (nSPS) is 30.3. The Labute approximate surface area is 324 Å². The highest BCUT2D eigenvalue weighted by Crippen LogP contribution is 2.66. The number of carbonyl (C=O) groups excluding carboxylic acids is 3. The molecule has 4 aliphatic carbocycles. The van der Waals surface area contributed by atoms with Crippen molar-refractivity contribution >= 4 is 18.2 Å². The highest BCUT2D eigenvalue weighted by atomic mass is 16.6. The van der Waals surface area contributed by atoms with Crippen molar-refractivity contribution in [3.8, 4) is 0 Å². The summed E-state index contributed by atoms with van der Waals surface area (Å²) in [5.41, 5.74) is 7.33. The van der Waals surface area contributed by atoms with E-state index in [0.29, 0.717) is 18.4 Å². The number of nitrogens with zero attached hydrogens (tertiary/aromatic N) is 1. The summed E-state index contributed by atoms with van der Waals surface area (Å²) in [6.07, 6.45) is 20.0. The topological polar surface area (TPSA) is 108 Å². The van der Waals surface area contributed by atoms with E-state index in [2.05, 4.69) is 33.8 Å². The van der Waals surface area contributed by atoms with Gasteiger partial charge in [-0.2, -0.15) is 0 Å². The van der Waals surface area contributed by atoms with Crippen LogP contribution in [-0.4, -0.2) is 73.2 Å². The Kier molecular flexibility index (Phi) is 17.1. The minimum absolute atomic E-state index is 0.0303. The zero-order chi connectivity index (χ0) is 39.6. The SMILES string of the molecule is CC(C)CCCCC1CCC2C3CC=C4CC(OC(=O)C(CCCCN)N(CC=O)CC(=O)OC(C)(C)C)CCC4(C)C3CCC12C.COC(C)(C)C. The van der Waals surface area contributed by atoms with Crippen LogP contribution in [0.5, 0.6) is 0 Å². The first-order valence-corrected chi connectivity index (χ1v) is 21.3. The molecule has 4 rings (SSSR count). The molecule has 8 atom stereocenters. The van der Waals surface area contributed by atoms with E-state index in [0.717, 1.165) is 68.0 Å². The van der Waals surface area contributed by atoms with E-state index >= 15 is 0 Å². The summed E-state index contributed by atoms with van der Waals surface area (Å²) in [5.74, 6) is 3.25. The maximum absolute atomic E-state index is 13.8. The van der Waals surface area contributed by atoms with Gasteiger partial charge in [0.25, 0.3) is 0 Å². The summed E-state index contributed by atoms with van der Waals surface area (Å²) in [4.78, 5) is 39.8. The van der Waals surface area contributed by atoms with E-state index < -0.39 is 17.6 Å². The van der Waals surface area contributed by atoms with Crippen LogP contribution >= 0.6 is 0 Å². The molecule has 0 radical (unpaired) electrons. The van der Waals surface area contributed by atoms with Gasteiger partial charge in [0.15, 0.2) is 0 Å². The molecule has 53 heavy (non-hydrogen) atoms. The van der Waals surface area contributed by atoms with Crippen molar-refractivity contribution in [3.63, 3.8) is 0 Å². The van der Waals surface area contributed by atoms with Crippen LogP contribution in [-0.2, 0) is 28.6 Å². The van der Waals surface area contributed by atoms with E-state index in [-0.39, 0.29) is 36.2 Å². The van der Waals surface area contributed by atoms with E-state index in [1.807, 2.05) is 41.5 Å². The molecule has 0 aromatic rings. The van der Waals surface area contributed by atoms with E-state index in [1.165, 1.54) is 63.4 Å². The predicted molar refractivity (Wildman–Crippen MR) is 215 cm³/mol. The van der Waals surface area contributed by atoms with Gasteiger partial charge in [0.2, 0.25) is 0 Å². The van der Waals surface area contributed by atoms with Crippen molar-refractivity contribution in [3.05, 3.63) is 11.6 Å². The molecule has 0 saturated heterocycles. The Hall–Kier alpha value is -1.77. The number of esters is 2. The average molecular weight is 745 g/mol. The van der Waals surface area contributed by atoms with E-state index in [9.17, 15) is 14.4 Å². The molecule has 3 fully saturated rings. The third-order valence-corrected chi connectivity index (χ3v) is 13.4. The number of unbranched alkanes of at least 4 members (excludes halogenated alkanes) is 2. The summed E-state index contributed by atoms with van der Waals surface area (Å²) < 4.78 is 16.7. The molecular formula is C45H80N2O6. The van der Waals surface area contributed by atoms with E-state index in [4.69, 9.17) is 19.9 Å². The van der Waals surface area contributed by atoms with Gasteiger partial charge >= 0.3 is 11.9 Å². The molecular weight excluding hydrogens is 665 g/mol. The van der Waals surface area contributed by atoms with Gasteiger partial charge in [-0.05, 0) is 153 Å². The lowest BCUT2D eigenvalue weighted by Gasteiger charge is -2.58. The second-order valence-electron chi connectivity index (χ2n) is 19.9. The lowest BCUT2D eigenvalue weighted by atomic mass is 9.47. The summed E-state index contributed by atoms with van der Waals surface area (Å²) >= 11 is 0. The van der Waals surface area contributed by atoms with Gasteiger partial charge in [0.05, 0.1) is 18.7 Å². The molecule has 3 saturated carbocycles. The fourth-order valence-corrected chi connectivity index (χ4v) is 10.4. The molecule has 8 nitrogen and oxygen atoms in total. The van der Waals surface area contributed by atoms with Gasteiger partial charge in [-0.3, -0.25) is 14.5 Å². The van der Waals surface area contributed by atoms with Crippen molar-refractivity contribution in [1.82, 2.24) is 4.90 Å². The first-order valence-electron chi connectivity index (χ1n) is 21.3. The smallest absolute Gasteiger partial charge is 0.323 e. The van der Waals surface area contributed by atoms with Gasteiger partial charge in [0, 0.05) is 13.5 Å². The summed E-state index contributed by atoms with van der Waals surface area (Å²) in [5, 5.41) is 0. The largest absolute Gasteiger partial charge is 0.461 e. The number of hydrogen-bond acceptors (Lipinski definition) is 8. The van der Waals surface area contributed by atoms with Crippen LogP contribution in [0.3, 0.4) is 0 Å². The van der Waals surface area contributed by atoms with Gasteiger partial charge in [0.1, 0.15) is 24.0 Å². The Morgan fingerprint density at radius 2 is 1.62 bits per heavy atom. The second-order valence-corrected chi connectivity index (χ2v) is 19.9. The molecule has 0 aliphatic heterocycles. The van der Waals surface area contributed by atoms with Crippen LogP contribution in [0, 0.1) is 40.4 Å².